The van der Waals surface area contributed by atoms with Crippen molar-refractivity contribution in [1.82, 2.24) is 4.98 Å². The molecule has 0 radical (unpaired) electrons. The van der Waals surface area contributed by atoms with E-state index in [1.807, 2.05) is 7.05 Å². The Labute approximate surface area is 107 Å². The summed E-state index contributed by atoms with van der Waals surface area (Å²) >= 11 is 0. The van der Waals surface area contributed by atoms with Gasteiger partial charge in [-0.25, -0.2) is 9.78 Å². The topological polar surface area (TPSA) is 68.5 Å². The van der Waals surface area contributed by atoms with Gasteiger partial charge >= 0.3 is 5.97 Å². The van der Waals surface area contributed by atoms with Gasteiger partial charge in [0.2, 0.25) is 0 Å². The van der Waals surface area contributed by atoms with Crippen molar-refractivity contribution in [2.45, 2.75) is 32.2 Å². The Balaban J connectivity index is 2.30. The molecule has 0 saturated heterocycles. The highest BCUT2D eigenvalue weighted by atomic mass is 16.5. The van der Waals surface area contributed by atoms with Gasteiger partial charge < -0.3 is 15.4 Å². The smallest absolute Gasteiger partial charge is 0.341 e. The van der Waals surface area contributed by atoms with Crippen molar-refractivity contribution in [3.8, 4) is 0 Å². The zero-order chi connectivity index (χ0) is 13.1. The van der Waals surface area contributed by atoms with Gasteiger partial charge in [0.25, 0.3) is 0 Å². The van der Waals surface area contributed by atoms with Crippen LogP contribution in [0.4, 0.5) is 11.5 Å². The first-order valence-corrected chi connectivity index (χ1v) is 6.29. The Morgan fingerprint density at radius 1 is 1.61 bits per heavy atom. The minimum absolute atomic E-state index is 0.347. The average molecular weight is 249 g/mol. The molecule has 1 fully saturated rings. The Morgan fingerprint density at radius 3 is 2.89 bits per heavy atom. The highest BCUT2D eigenvalue weighted by Gasteiger charge is 2.26. The van der Waals surface area contributed by atoms with Crippen LogP contribution in [0.15, 0.2) is 12.3 Å². The molecule has 0 spiro atoms. The van der Waals surface area contributed by atoms with E-state index in [9.17, 15) is 4.79 Å². The Bertz CT molecular complexity index is 444. The molecule has 0 bridgehead atoms. The van der Waals surface area contributed by atoms with Crippen LogP contribution < -0.4 is 10.6 Å². The molecule has 18 heavy (non-hydrogen) atoms. The Morgan fingerprint density at radius 2 is 2.33 bits per heavy atom. The summed E-state index contributed by atoms with van der Waals surface area (Å²) in [4.78, 5) is 18.2. The lowest BCUT2D eigenvalue weighted by Crippen LogP contribution is -2.38. The van der Waals surface area contributed by atoms with Crippen LogP contribution in [0.25, 0.3) is 0 Å². The molecule has 1 aliphatic carbocycles. The molecular weight excluding hydrogens is 230 g/mol. The van der Waals surface area contributed by atoms with Gasteiger partial charge in [-0.1, -0.05) is 0 Å². The van der Waals surface area contributed by atoms with Gasteiger partial charge in [0, 0.05) is 13.1 Å². The number of ether oxygens (including phenoxy) is 1. The maximum absolute atomic E-state index is 11.9. The molecule has 2 rings (SSSR count). The number of anilines is 2. The van der Waals surface area contributed by atoms with Gasteiger partial charge in [0.15, 0.2) is 0 Å². The number of aromatic nitrogens is 1. The van der Waals surface area contributed by atoms with Crippen molar-refractivity contribution in [1.29, 1.82) is 0 Å². The Kier molecular flexibility index (Phi) is 3.69. The fourth-order valence-electron chi connectivity index (χ4n) is 2.06. The lowest BCUT2D eigenvalue weighted by molar-refractivity contribution is 0.0526. The lowest BCUT2D eigenvalue weighted by Gasteiger charge is -2.36. The second-order valence-electron chi connectivity index (χ2n) is 4.56. The molecule has 0 aliphatic heterocycles. The number of esters is 1. The quantitative estimate of drug-likeness (QED) is 0.824. The zero-order valence-corrected chi connectivity index (χ0v) is 10.8. The second-order valence-corrected chi connectivity index (χ2v) is 4.56. The summed E-state index contributed by atoms with van der Waals surface area (Å²) in [5.74, 6) is 0.297. The molecule has 5 heteroatoms. The molecule has 0 unspecified atom stereocenters. The van der Waals surface area contributed by atoms with E-state index in [4.69, 9.17) is 10.5 Å². The third-order valence-electron chi connectivity index (χ3n) is 3.34. The molecule has 5 nitrogen and oxygen atoms in total. The van der Waals surface area contributed by atoms with E-state index in [2.05, 4.69) is 9.88 Å². The summed E-state index contributed by atoms with van der Waals surface area (Å²) in [5.41, 5.74) is 6.62. The zero-order valence-electron chi connectivity index (χ0n) is 10.8. The number of rotatable bonds is 4. The summed E-state index contributed by atoms with van der Waals surface area (Å²) in [7, 11) is 1.96. The molecule has 1 aromatic rings. The molecule has 1 heterocycles. The van der Waals surface area contributed by atoms with Crippen LogP contribution >= 0.6 is 0 Å². The van der Waals surface area contributed by atoms with Crippen molar-refractivity contribution < 1.29 is 9.53 Å². The number of nitrogens with zero attached hydrogens (tertiary/aromatic N) is 2. The van der Waals surface area contributed by atoms with Crippen LogP contribution in [-0.4, -0.2) is 30.6 Å². The number of nitrogen functional groups attached to an aromatic ring is 1. The van der Waals surface area contributed by atoms with Crippen molar-refractivity contribution in [3.05, 3.63) is 17.8 Å². The molecule has 1 saturated carbocycles. The fourth-order valence-corrected chi connectivity index (χ4v) is 2.06. The predicted octanol–water partition coefficient (Wildman–Crippen LogP) is 1.83. The van der Waals surface area contributed by atoms with Crippen LogP contribution in [0.5, 0.6) is 0 Å². The number of nitrogens with two attached hydrogens (primary N) is 1. The number of hydrogen-bond donors (Lipinski definition) is 1. The highest BCUT2D eigenvalue weighted by Crippen LogP contribution is 2.29. The van der Waals surface area contributed by atoms with Crippen LogP contribution in [0.3, 0.4) is 0 Å². The molecule has 0 amide bonds. The molecule has 0 aromatic carbocycles. The van der Waals surface area contributed by atoms with E-state index in [-0.39, 0.29) is 5.97 Å². The molecular formula is C13H19N3O2. The first-order valence-electron chi connectivity index (χ1n) is 6.29. The van der Waals surface area contributed by atoms with Crippen LogP contribution in [0, 0.1) is 0 Å². The molecule has 2 N–H and O–H groups in total. The monoisotopic (exact) mass is 249 g/mol. The third-order valence-corrected chi connectivity index (χ3v) is 3.34. The summed E-state index contributed by atoms with van der Waals surface area (Å²) in [6.07, 6.45) is 5.10. The number of carbonyl (C=O) groups excluding carboxylic acids is 1. The average Bonchev–Trinajstić information content (AvgIpc) is 2.26. The standard InChI is InChI=1S/C13H19N3O2/c1-3-18-13(17)11-7-9(14)8-15-12(11)16(2)10-5-4-6-10/h7-8,10H,3-6,14H2,1-2H3. The molecule has 0 atom stereocenters. The highest BCUT2D eigenvalue weighted by molar-refractivity contribution is 5.95. The van der Waals surface area contributed by atoms with Crippen molar-refractivity contribution >= 4 is 17.5 Å². The Hall–Kier alpha value is -1.78. The largest absolute Gasteiger partial charge is 0.462 e. The van der Waals surface area contributed by atoms with Crippen molar-refractivity contribution in [2.24, 2.45) is 0 Å². The van der Waals surface area contributed by atoms with Gasteiger partial charge in [-0.2, -0.15) is 0 Å². The van der Waals surface area contributed by atoms with Gasteiger partial charge in [0.1, 0.15) is 11.4 Å². The van der Waals surface area contributed by atoms with E-state index in [0.29, 0.717) is 29.7 Å². The maximum Gasteiger partial charge on any atom is 0.341 e. The summed E-state index contributed by atoms with van der Waals surface area (Å²) in [5, 5.41) is 0. The second kappa shape index (κ2) is 5.25. The summed E-state index contributed by atoms with van der Waals surface area (Å²) < 4.78 is 5.04. The maximum atomic E-state index is 11.9. The normalized spacial score (nSPS) is 15.0. The minimum Gasteiger partial charge on any atom is -0.462 e. The van der Waals surface area contributed by atoms with Crippen LogP contribution in [0.2, 0.25) is 0 Å². The van der Waals surface area contributed by atoms with E-state index in [1.165, 1.54) is 6.42 Å². The van der Waals surface area contributed by atoms with Crippen molar-refractivity contribution in [3.63, 3.8) is 0 Å². The molecule has 1 aromatic heterocycles. The lowest BCUT2D eigenvalue weighted by atomic mass is 9.91. The molecule has 1 aliphatic rings. The first kappa shape index (κ1) is 12.7. The molecule has 98 valence electrons. The predicted molar refractivity (Wildman–Crippen MR) is 70.6 cm³/mol. The van der Waals surface area contributed by atoms with Crippen LogP contribution in [-0.2, 0) is 4.74 Å². The van der Waals surface area contributed by atoms with E-state index < -0.39 is 0 Å². The van der Waals surface area contributed by atoms with Crippen molar-refractivity contribution in [2.75, 3.05) is 24.3 Å². The van der Waals surface area contributed by atoms with Gasteiger partial charge in [-0.05, 0) is 32.3 Å². The summed E-state index contributed by atoms with van der Waals surface area (Å²) in [6, 6.07) is 2.10. The summed E-state index contributed by atoms with van der Waals surface area (Å²) in [6.45, 7) is 2.13. The van der Waals surface area contributed by atoms with Crippen LogP contribution in [0.1, 0.15) is 36.5 Å². The van der Waals surface area contributed by atoms with E-state index >= 15 is 0 Å². The van der Waals surface area contributed by atoms with Gasteiger partial charge in [-0.15, -0.1) is 0 Å². The first-order chi connectivity index (χ1) is 8.63. The minimum atomic E-state index is -0.363. The fraction of sp³-hybridized carbons (Fsp3) is 0.538. The SMILES string of the molecule is CCOC(=O)c1cc(N)cnc1N(C)C1CCC1. The van der Waals surface area contributed by atoms with E-state index in [1.54, 1.807) is 19.2 Å². The third kappa shape index (κ3) is 2.39. The number of hydrogen-bond acceptors (Lipinski definition) is 5. The van der Waals surface area contributed by atoms with E-state index in [0.717, 1.165) is 12.8 Å². The number of carbonyl (C=O) groups is 1. The number of pyridine rings is 1. The van der Waals surface area contributed by atoms with Gasteiger partial charge in [-0.3, -0.25) is 0 Å². The van der Waals surface area contributed by atoms with Gasteiger partial charge in [0.05, 0.1) is 18.5 Å².